The van der Waals surface area contributed by atoms with Crippen molar-refractivity contribution in [2.45, 2.75) is 6.10 Å². The largest absolute Gasteiger partial charge is 0.479 e. The van der Waals surface area contributed by atoms with Crippen LogP contribution >= 0.6 is 0 Å². The van der Waals surface area contributed by atoms with Crippen molar-refractivity contribution in [1.29, 1.82) is 0 Å². The van der Waals surface area contributed by atoms with Gasteiger partial charge in [-0.15, -0.1) is 0 Å². The van der Waals surface area contributed by atoms with Crippen LogP contribution in [0, 0.1) is 0 Å². The molecule has 4 nitrogen and oxygen atoms in total. The summed E-state index contributed by atoms with van der Waals surface area (Å²) >= 11 is 0. The van der Waals surface area contributed by atoms with Crippen LogP contribution in [0.5, 0.6) is 0 Å². The van der Waals surface area contributed by atoms with E-state index in [1.165, 1.54) is 13.2 Å². The number of ether oxygens (including phenoxy) is 2. The third-order valence-electron chi connectivity index (χ3n) is 1.04. The van der Waals surface area contributed by atoms with Gasteiger partial charge in [-0.2, -0.15) is 0 Å². The lowest BCUT2D eigenvalue weighted by molar-refractivity contribution is -0.147. The third-order valence-corrected chi connectivity index (χ3v) is 1.04. The van der Waals surface area contributed by atoms with Crippen LogP contribution < -0.4 is 0 Å². The monoisotopic (exact) mass is 160 g/mol. The highest BCUT2D eigenvalue weighted by Gasteiger charge is 2.11. The van der Waals surface area contributed by atoms with E-state index in [2.05, 4.69) is 11.3 Å². The molecule has 0 amide bonds. The highest BCUT2D eigenvalue weighted by molar-refractivity contribution is 5.74. The quantitative estimate of drug-likeness (QED) is 0.448. The predicted molar refractivity (Wildman–Crippen MR) is 39.4 cm³/mol. The van der Waals surface area contributed by atoms with E-state index in [1.807, 2.05) is 0 Å². The lowest BCUT2D eigenvalue weighted by Gasteiger charge is -2.07. The van der Waals surface area contributed by atoms with Crippen LogP contribution in [0.4, 0.5) is 0 Å². The molecule has 0 aromatic carbocycles. The van der Waals surface area contributed by atoms with Crippen LogP contribution in [0.1, 0.15) is 0 Å². The number of hydrogen-bond donors (Lipinski definition) is 1. The van der Waals surface area contributed by atoms with Crippen LogP contribution in [0.2, 0.25) is 0 Å². The van der Waals surface area contributed by atoms with Gasteiger partial charge < -0.3 is 14.6 Å². The average molecular weight is 160 g/mol. The van der Waals surface area contributed by atoms with Gasteiger partial charge in [0.25, 0.3) is 0 Å². The molecule has 0 rings (SSSR count). The van der Waals surface area contributed by atoms with Gasteiger partial charge >= 0.3 is 5.97 Å². The Bertz CT molecular complexity index is 132. The van der Waals surface area contributed by atoms with Gasteiger partial charge in [0, 0.05) is 7.11 Å². The van der Waals surface area contributed by atoms with E-state index in [1.54, 1.807) is 0 Å². The van der Waals surface area contributed by atoms with Crippen molar-refractivity contribution in [3.63, 3.8) is 0 Å². The molecule has 4 heteroatoms. The molecule has 0 saturated carbocycles. The molecule has 0 spiro atoms. The zero-order chi connectivity index (χ0) is 8.69. The summed E-state index contributed by atoms with van der Waals surface area (Å²) in [6, 6.07) is 0. The minimum absolute atomic E-state index is 0.263. The molecule has 1 atom stereocenters. The fourth-order valence-corrected chi connectivity index (χ4v) is 0.499. The maximum Gasteiger partial charge on any atom is 0.336 e. The maximum atomic E-state index is 10.3. The molecule has 0 fully saturated rings. The molecule has 1 N–H and O–H groups in total. The van der Waals surface area contributed by atoms with Gasteiger partial charge in [0.15, 0.2) is 6.10 Å². The average Bonchev–Trinajstić information content (AvgIpc) is 1.97. The second-order valence-electron chi connectivity index (χ2n) is 1.86. The van der Waals surface area contributed by atoms with Crippen molar-refractivity contribution >= 4 is 5.97 Å². The summed E-state index contributed by atoms with van der Waals surface area (Å²) in [5.41, 5.74) is 0. The van der Waals surface area contributed by atoms with Gasteiger partial charge in [0.1, 0.15) is 0 Å². The highest BCUT2D eigenvalue weighted by atomic mass is 16.5. The molecule has 11 heavy (non-hydrogen) atoms. The van der Waals surface area contributed by atoms with Crippen molar-refractivity contribution in [1.82, 2.24) is 0 Å². The number of carboxylic acid groups (broad SMARTS) is 1. The Balaban J connectivity index is 3.52. The summed E-state index contributed by atoms with van der Waals surface area (Å²) in [6.07, 6.45) is 0.308. The van der Waals surface area contributed by atoms with Crippen LogP contribution in [0.3, 0.4) is 0 Å². The minimum Gasteiger partial charge on any atom is -0.479 e. The second kappa shape index (κ2) is 5.88. The Hall–Kier alpha value is -0.870. The standard InChI is InChI=1S/C7H12O4/c1-3-6(7(8)9)11-5-4-10-2/h3,6H,1,4-5H2,2H3,(H,8,9). The SMILES string of the molecule is C=CC(OCCOC)C(=O)O. The van der Waals surface area contributed by atoms with Crippen LogP contribution in [0.15, 0.2) is 12.7 Å². The topological polar surface area (TPSA) is 55.8 Å². The van der Waals surface area contributed by atoms with Gasteiger partial charge in [-0.1, -0.05) is 12.7 Å². The smallest absolute Gasteiger partial charge is 0.336 e. The van der Waals surface area contributed by atoms with Gasteiger partial charge in [-0.05, 0) is 0 Å². The molecule has 0 saturated heterocycles. The molecule has 0 radical (unpaired) electrons. The minimum atomic E-state index is -1.03. The van der Waals surface area contributed by atoms with E-state index in [0.717, 1.165) is 0 Å². The normalized spacial score (nSPS) is 12.5. The van der Waals surface area contributed by atoms with E-state index in [0.29, 0.717) is 6.61 Å². The Morgan fingerprint density at radius 2 is 2.36 bits per heavy atom. The first-order valence-electron chi connectivity index (χ1n) is 3.18. The fraction of sp³-hybridized carbons (Fsp3) is 0.571. The summed E-state index contributed by atoms with van der Waals surface area (Å²) in [5, 5.41) is 8.44. The zero-order valence-corrected chi connectivity index (χ0v) is 6.45. The first-order valence-corrected chi connectivity index (χ1v) is 3.18. The summed E-state index contributed by atoms with van der Waals surface area (Å²) in [5.74, 6) is -1.03. The highest BCUT2D eigenvalue weighted by Crippen LogP contribution is 1.92. The molecule has 0 aromatic heterocycles. The number of methoxy groups -OCH3 is 1. The van der Waals surface area contributed by atoms with E-state index in [-0.39, 0.29) is 6.61 Å². The molecular formula is C7H12O4. The molecule has 1 unspecified atom stereocenters. The van der Waals surface area contributed by atoms with Crippen LogP contribution in [0.25, 0.3) is 0 Å². The summed E-state index contributed by atoms with van der Waals surface area (Å²) < 4.78 is 9.51. The van der Waals surface area contributed by atoms with Gasteiger partial charge in [-0.25, -0.2) is 4.79 Å². The summed E-state index contributed by atoms with van der Waals surface area (Å²) in [7, 11) is 1.52. The van der Waals surface area contributed by atoms with E-state index in [4.69, 9.17) is 9.84 Å². The Labute approximate surface area is 65.4 Å². The molecule has 0 aliphatic heterocycles. The Kier molecular flexibility index (Phi) is 5.42. The Morgan fingerprint density at radius 1 is 1.73 bits per heavy atom. The van der Waals surface area contributed by atoms with Crippen molar-refractivity contribution in [3.8, 4) is 0 Å². The number of carboxylic acids is 1. The van der Waals surface area contributed by atoms with E-state index in [9.17, 15) is 4.79 Å². The van der Waals surface area contributed by atoms with Gasteiger partial charge in [-0.3, -0.25) is 0 Å². The number of rotatable bonds is 6. The fourth-order valence-electron chi connectivity index (χ4n) is 0.499. The van der Waals surface area contributed by atoms with Crippen molar-refractivity contribution in [2.75, 3.05) is 20.3 Å². The number of aliphatic carboxylic acids is 1. The van der Waals surface area contributed by atoms with Gasteiger partial charge in [0.2, 0.25) is 0 Å². The molecule has 0 heterocycles. The summed E-state index contributed by atoms with van der Waals surface area (Å²) in [4.78, 5) is 10.3. The van der Waals surface area contributed by atoms with Crippen molar-refractivity contribution < 1.29 is 19.4 Å². The Morgan fingerprint density at radius 3 is 2.73 bits per heavy atom. The maximum absolute atomic E-state index is 10.3. The van der Waals surface area contributed by atoms with Crippen molar-refractivity contribution in [2.24, 2.45) is 0 Å². The van der Waals surface area contributed by atoms with Crippen LogP contribution in [-0.4, -0.2) is 37.5 Å². The number of hydrogen-bond acceptors (Lipinski definition) is 3. The molecule has 64 valence electrons. The molecule has 0 aliphatic carbocycles. The van der Waals surface area contributed by atoms with E-state index < -0.39 is 12.1 Å². The van der Waals surface area contributed by atoms with Crippen molar-refractivity contribution in [3.05, 3.63) is 12.7 Å². The molecule has 0 bridgehead atoms. The predicted octanol–water partition coefficient (Wildman–Crippen LogP) is 0.289. The van der Waals surface area contributed by atoms with Crippen LogP contribution in [-0.2, 0) is 14.3 Å². The number of carbonyl (C=O) groups is 1. The summed E-state index contributed by atoms with van der Waals surface area (Å²) in [6.45, 7) is 3.96. The lowest BCUT2D eigenvalue weighted by Crippen LogP contribution is -2.22. The van der Waals surface area contributed by atoms with Gasteiger partial charge in [0.05, 0.1) is 13.2 Å². The molecule has 0 aliphatic rings. The molecular weight excluding hydrogens is 148 g/mol. The first kappa shape index (κ1) is 10.1. The second-order valence-corrected chi connectivity index (χ2v) is 1.86. The third kappa shape index (κ3) is 4.52. The zero-order valence-electron chi connectivity index (χ0n) is 6.45. The molecule has 0 aromatic rings. The lowest BCUT2D eigenvalue weighted by atomic mass is 10.3. The first-order chi connectivity index (χ1) is 5.22. The van der Waals surface area contributed by atoms with E-state index >= 15 is 0 Å².